The average molecular weight is 314 g/mol. The van der Waals surface area contributed by atoms with Crippen molar-refractivity contribution in [1.82, 2.24) is 5.43 Å². The molecule has 0 aliphatic heterocycles. The minimum absolute atomic E-state index is 0.0425. The number of rotatable bonds is 6. The van der Waals surface area contributed by atoms with E-state index < -0.39 is 11.7 Å². The van der Waals surface area contributed by atoms with Crippen LogP contribution < -0.4 is 10.2 Å². The number of nitrogens with one attached hydrogen (secondary N) is 1. The third kappa shape index (κ3) is 4.92. The topological polar surface area (TPSA) is 50.7 Å². The number of para-hydroxylation sites is 1. The van der Waals surface area contributed by atoms with Crippen molar-refractivity contribution >= 4 is 11.6 Å². The number of ether oxygens (including phenoxy) is 1. The summed E-state index contributed by atoms with van der Waals surface area (Å²) in [6.45, 7) is 3.67. The Hall–Kier alpha value is -2.69. The lowest BCUT2D eigenvalue weighted by molar-refractivity contribution is -0.123. The van der Waals surface area contributed by atoms with Crippen molar-refractivity contribution in [2.75, 3.05) is 6.61 Å². The number of carbonyl (C=O) groups is 1. The van der Waals surface area contributed by atoms with E-state index in [0.29, 0.717) is 6.42 Å². The van der Waals surface area contributed by atoms with E-state index in [1.807, 2.05) is 38.1 Å². The first-order chi connectivity index (χ1) is 11.1. The number of halogens is 1. The van der Waals surface area contributed by atoms with Crippen LogP contribution in [0.1, 0.15) is 24.5 Å². The van der Waals surface area contributed by atoms with Gasteiger partial charge >= 0.3 is 0 Å². The van der Waals surface area contributed by atoms with Crippen LogP contribution in [0.25, 0.3) is 0 Å². The zero-order chi connectivity index (χ0) is 16.7. The Balaban J connectivity index is 1.93. The summed E-state index contributed by atoms with van der Waals surface area (Å²) in [4.78, 5) is 11.8. The van der Waals surface area contributed by atoms with Crippen molar-refractivity contribution in [3.63, 3.8) is 0 Å². The van der Waals surface area contributed by atoms with Crippen molar-refractivity contribution in [1.29, 1.82) is 0 Å². The van der Waals surface area contributed by atoms with E-state index in [1.165, 1.54) is 12.1 Å². The maximum atomic E-state index is 13.4. The average Bonchev–Trinajstić information content (AvgIpc) is 2.56. The zero-order valence-corrected chi connectivity index (χ0v) is 13.2. The molecule has 23 heavy (non-hydrogen) atoms. The highest BCUT2D eigenvalue weighted by Crippen LogP contribution is 2.14. The van der Waals surface area contributed by atoms with Crippen LogP contribution in [0.3, 0.4) is 0 Å². The Bertz CT molecular complexity index is 696. The van der Waals surface area contributed by atoms with E-state index in [1.54, 1.807) is 12.1 Å². The Kier molecular flexibility index (Phi) is 5.86. The number of aryl methyl sites for hydroxylation is 1. The predicted octanol–water partition coefficient (Wildman–Crippen LogP) is 3.44. The molecule has 0 aliphatic carbocycles. The van der Waals surface area contributed by atoms with Crippen molar-refractivity contribution in [2.24, 2.45) is 5.10 Å². The lowest BCUT2D eigenvalue weighted by Crippen LogP contribution is -2.26. The summed E-state index contributed by atoms with van der Waals surface area (Å²) in [5.74, 6) is -0.898. The molecule has 1 amide bonds. The molecule has 0 aromatic heterocycles. The fraction of sp³-hybridized carbons (Fsp3) is 0.222. The molecule has 0 heterocycles. The number of amides is 1. The molecule has 1 N–H and O–H groups in total. The Morgan fingerprint density at radius 3 is 2.52 bits per heavy atom. The van der Waals surface area contributed by atoms with E-state index in [4.69, 9.17) is 4.74 Å². The molecule has 0 saturated carbocycles. The van der Waals surface area contributed by atoms with Gasteiger partial charge in [0.05, 0.1) is 5.71 Å². The highest BCUT2D eigenvalue weighted by molar-refractivity contribution is 6.00. The van der Waals surface area contributed by atoms with Gasteiger partial charge in [0, 0.05) is 0 Å². The van der Waals surface area contributed by atoms with Crippen LogP contribution in [-0.2, 0) is 4.79 Å². The van der Waals surface area contributed by atoms with Crippen LogP contribution in [0.5, 0.6) is 5.75 Å². The molecule has 0 unspecified atom stereocenters. The molecule has 4 nitrogen and oxygen atoms in total. The monoisotopic (exact) mass is 314 g/mol. The Morgan fingerprint density at radius 2 is 1.87 bits per heavy atom. The van der Waals surface area contributed by atoms with Gasteiger partial charge in [-0.05, 0) is 31.0 Å². The van der Waals surface area contributed by atoms with Crippen LogP contribution in [0, 0.1) is 12.7 Å². The van der Waals surface area contributed by atoms with Gasteiger partial charge in [0.15, 0.2) is 18.2 Å². The number of hydrazone groups is 1. The Labute approximate surface area is 135 Å². The van der Waals surface area contributed by atoms with Crippen molar-refractivity contribution in [3.8, 4) is 5.75 Å². The van der Waals surface area contributed by atoms with Gasteiger partial charge in [0.1, 0.15) is 0 Å². The smallest absolute Gasteiger partial charge is 0.277 e. The summed E-state index contributed by atoms with van der Waals surface area (Å²) in [6.07, 6.45) is 0.678. The molecule has 0 radical (unpaired) electrons. The molecule has 0 atom stereocenters. The second kappa shape index (κ2) is 8.08. The minimum Gasteiger partial charge on any atom is -0.481 e. The highest BCUT2D eigenvalue weighted by atomic mass is 19.1. The van der Waals surface area contributed by atoms with Gasteiger partial charge < -0.3 is 4.74 Å². The molecule has 0 spiro atoms. The summed E-state index contributed by atoms with van der Waals surface area (Å²) in [5.41, 5.74) is 5.32. The van der Waals surface area contributed by atoms with Gasteiger partial charge in [0.2, 0.25) is 0 Å². The first-order valence-electron chi connectivity index (χ1n) is 7.40. The van der Waals surface area contributed by atoms with Crippen LogP contribution >= 0.6 is 0 Å². The fourth-order valence-electron chi connectivity index (χ4n) is 1.96. The number of nitrogens with zero attached hydrogens (tertiary/aromatic N) is 1. The van der Waals surface area contributed by atoms with Crippen molar-refractivity contribution in [2.45, 2.75) is 20.3 Å². The van der Waals surface area contributed by atoms with Crippen LogP contribution in [0.4, 0.5) is 4.39 Å². The van der Waals surface area contributed by atoms with Crippen molar-refractivity contribution in [3.05, 3.63) is 65.5 Å². The molecule has 120 valence electrons. The molecule has 2 rings (SSSR count). The molecule has 0 bridgehead atoms. The summed E-state index contributed by atoms with van der Waals surface area (Å²) in [6, 6.07) is 13.8. The van der Waals surface area contributed by atoms with E-state index in [-0.39, 0.29) is 12.4 Å². The molecule has 0 fully saturated rings. The highest BCUT2D eigenvalue weighted by Gasteiger charge is 2.07. The minimum atomic E-state index is -0.502. The van der Waals surface area contributed by atoms with Crippen LogP contribution in [-0.4, -0.2) is 18.2 Å². The standard InChI is InChI=1S/C18H19FN2O2/c1-3-16(14-10-8-13(2)9-11-14)20-21-18(22)12-23-17-7-5-4-6-15(17)19/h4-11H,3,12H2,1-2H3,(H,21,22)/b20-16-. The van der Waals surface area contributed by atoms with Crippen molar-refractivity contribution < 1.29 is 13.9 Å². The van der Waals surface area contributed by atoms with E-state index in [9.17, 15) is 9.18 Å². The van der Waals surface area contributed by atoms with E-state index in [2.05, 4.69) is 10.5 Å². The van der Waals surface area contributed by atoms with E-state index in [0.717, 1.165) is 16.8 Å². The maximum absolute atomic E-state index is 13.4. The van der Waals surface area contributed by atoms with Gasteiger partial charge in [-0.25, -0.2) is 9.82 Å². The number of hydrogen-bond donors (Lipinski definition) is 1. The lowest BCUT2D eigenvalue weighted by atomic mass is 10.1. The van der Waals surface area contributed by atoms with Gasteiger partial charge in [-0.3, -0.25) is 4.79 Å². The maximum Gasteiger partial charge on any atom is 0.277 e. The molecule has 0 saturated heterocycles. The quantitative estimate of drug-likeness (QED) is 0.656. The SMILES string of the molecule is CC/C(=N/NC(=O)COc1ccccc1F)c1ccc(C)cc1. The largest absolute Gasteiger partial charge is 0.481 e. The third-order valence-electron chi connectivity index (χ3n) is 3.23. The summed E-state index contributed by atoms with van der Waals surface area (Å²) in [5, 5.41) is 4.12. The first kappa shape index (κ1) is 16.7. The van der Waals surface area contributed by atoms with Gasteiger partial charge in [-0.2, -0.15) is 5.10 Å². The normalized spacial score (nSPS) is 11.2. The zero-order valence-electron chi connectivity index (χ0n) is 13.2. The molecule has 2 aromatic carbocycles. The Morgan fingerprint density at radius 1 is 1.17 bits per heavy atom. The van der Waals surface area contributed by atoms with Gasteiger partial charge in [0.25, 0.3) is 5.91 Å². The van der Waals surface area contributed by atoms with E-state index >= 15 is 0 Å². The van der Waals surface area contributed by atoms with Gasteiger partial charge in [-0.1, -0.05) is 48.9 Å². The van der Waals surface area contributed by atoms with Gasteiger partial charge in [-0.15, -0.1) is 0 Å². The third-order valence-corrected chi connectivity index (χ3v) is 3.23. The second-order valence-electron chi connectivity index (χ2n) is 5.03. The number of benzene rings is 2. The van der Waals surface area contributed by atoms with Crippen LogP contribution in [0.15, 0.2) is 53.6 Å². The first-order valence-corrected chi connectivity index (χ1v) is 7.40. The summed E-state index contributed by atoms with van der Waals surface area (Å²) < 4.78 is 18.5. The number of hydrogen-bond acceptors (Lipinski definition) is 3. The summed E-state index contributed by atoms with van der Waals surface area (Å²) >= 11 is 0. The fourth-order valence-corrected chi connectivity index (χ4v) is 1.96. The number of carbonyl (C=O) groups excluding carboxylic acids is 1. The molecular weight excluding hydrogens is 295 g/mol. The van der Waals surface area contributed by atoms with Crippen LogP contribution in [0.2, 0.25) is 0 Å². The predicted molar refractivity (Wildman–Crippen MR) is 88.0 cm³/mol. The molecule has 2 aromatic rings. The molecular formula is C18H19FN2O2. The summed E-state index contributed by atoms with van der Waals surface area (Å²) in [7, 11) is 0. The second-order valence-corrected chi connectivity index (χ2v) is 5.03. The molecule has 5 heteroatoms. The molecule has 0 aliphatic rings. The lowest BCUT2D eigenvalue weighted by Gasteiger charge is -2.07.